The van der Waals surface area contributed by atoms with E-state index in [1.54, 1.807) is 45.0 Å². The Morgan fingerprint density at radius 1 is 0.971 bits per heavy atom. The summed E-state index contributed by atoms with van der Waals surface area (Å²) in [6, 6.07) is 5.03. The van der Waals surface area contributed by atoms with Gasteiger partial charge in [-0.25, -0.2) is 9.59 Å². The van der Waals surface area contributed by atoms with Crippen molar-refractivity contribution in [1.29, 1.82) is 0 Å². The second-order valence-corrected chi connectivity index (χ2v) is 10.9. The van der Waals surface area contributed by atoms with Crippen LogP contribution in [0.25, 0.3) is 0 Å². The molecule has 0 radical (unpaired) electrons. The predicted molar refractivity (Wildman–Crippen MR) is 134 cm³/mol. The summed E-state index contributed by atoms with van der Waals surface area (Å²) in [7, 11) is 0. The first-order valence-electron chi connectivity index (χ1n) is 13.0. The Morgan fingerprint density at radius 2 is 1.54 bits per heavy atom. The molecule has 0 aromatic heterocycles. The average molecular weight is 488 g/mol. The molecule has 2 fully saturated rings. The third-order valence-electron chi connectivity index (χ3n) is 6.69. The lowest BCUT2D eigenvalue weighted by molar-refractivity contribution is -0.133. The minimum absolute atomic E-state index is 0.0736. The van der Waals surface area contributed by atoms with Crippen LogP contribution in [0.15, 0.2) is 24.3 Å². The smallest absolute Gasteiger partial charge is 0.408 e. The quantitative estimate of drug-likeness (QED) is 0.521. The molecular weight excluding hydrogens is 446 g/mol. The zero-order valence-corrected chi connectivity index (χ0v) is 21.3. The van der Waals surface area contributed by atoms with Crippen LogP contribution < -0.4 is 10.6 Å². The van der Waals surface area contributed by atoms with Crippen molar-refractivity contribution in [2.24, 2.45) is 0 Å². The van der Waals surface area contributed by atoms with Gasteiger partial charge in [0.25, 0.3) is 5.91 Å². The second-order valence-electron chi connectivity index (χ2n) is 10.9. The van der Waals surface area contributed by atoms with Gasteiger partial charge < -0.3 is 20.5 Å². The first-order valence-corrected chi connectivity index (χ1v) is 13.0. The molecule has 2 aliphatic rings. The number of alkyl carbamates (subject to hydrolysis) is 1. The molecule has 3 rings (SSSR count). The zero-order valence-electron chi connectivity index (χ0n) is 21.3. The highest BCUT2D eigenvalue weighted by molar-refractivity contribution is 5.99. The van der Waals surface area contributed by atoms with Gasteiger partial charge in [-0.15, -0.1) is 0 Å². The average Bonchev–Trinajstić information content (AvgIpc) is 2.80. The summed E-state index contributed by atoms with van der Waals surface area (Å²) < 4.78 is 5.42. The van der Waals surface area contributed by atoms with Gasteiger partial charge in [0.1, 0.15) is 17.4 Å². The predicted octanol–water partition coefficient (Wildman–Crippen LogP) is 5.03. The number of carbonyl (C=O) groups excluding carboxylic acids is 3. The number of amides is 4. The number of phenols is 1. The van der Waals surface area contributed by atoms with Gasteiger partial charge in [0.15, 0.2) is 0 Å². The maximum Gasteiger partial charge on any atom is 0.408 e. The molecule has 0 bridgehead atoms. The number of nitrogens with zero attached hydrogens (tertiary/aromatic N) is 1. The number of nitrogens with one attached hydrogen (secondary N) is 2. The van der Waals surface area contributed by atoms with Crippen LogP contribution in [-0.2, 0) is 16.0 Å². The van der Waals surface area contributed by atoms with Gasteiger partial charge in [-0.2, -0.15) is 0 Å². The molecule has 8 nitrogen and oxygen atoms in total. The molecule has 2 aliphatic carbocycles. The van der Waals surface area contributed by atoms with Crippen molar-refractivity contribution in [1.82, 2.24) is 15.5 Å². The molecule has 0 spiro atoms. The van der Waals surface area contributed by atoms with Gasteiger partial charge in [-0.3, -0.25) is 9.69 Å². The van der Waals surface area contributed by atoms with Crippen LogP contribution in [0.2, 0.25) is 0 Å². The summed E-state index contributed by atoms with van der Waals surface area (Å²) in [5.41, 5.74) is 0.0333. The van der Waals surface area contributed by atoms with E-state index in [0.717, 1.165) is 63.4 Å². The topological polar surface area (TPSA) is 108 Å². The Kier molecular flexibility index (Phi) is 9.40. The van der Waals surface area contributed by atoms with E-state index in [0.29, 0.717) is 0 Å². The number of rotatable bonds is 6. The van der Waals surface area contributed by atoms with Crippen molar-refractivity contribution in [3.63, 3.8) is 0 Å². The lowest BCUT2D eigenvalue weighted by Crippen LogP contribution is -2.59. The molecule has 194 valence electrons. The maximum absolute atomic E-state index is 13.9. The molecule has 2 saturated carbocycles. The number of imide groups is 1. The molecule has 4 amide bonds. The van der Waals surface area contributed by atoms with Gasteiger partial charge in [-0.1, -0.05) is 50.7 Å². The van der Waals surface area contributed by atoms with Crippen molar-refractivity contribution in [2.45, 2.75) is 115 Å². The molecule has 35 heavy (non-hydrogen) atoms. The van der Waals surface area contributed by atoms with Crippen LogP contribution in [0.5, 0.6) is 5.75 Å². The second kappa shape index (κ2) is 12.3. The van der Waals surface area contributed by atoms with Crippen LogP contribution in [0, 0.1) is 0 Å². The van der Waals surface area contributed by atoms with E-state index >= 15 is 0 Å². The highest BCUT2D eigenvalue weighted by atomic mass is 16.6. The minimum atomic E-state index is -0.978. The lowest BCUT2D eigenvalue weighted by atomic mass is 9.93. The van der Waals surface area contributed by atoms with Crippen LogP contribution in [-0.4, -0.2) is 51.8 Å². The number of hydrogen-bond acceptors (Lipinski definition) is 5. The first-order chi connectivity index (χ1) is 16.6. The van der Waals surface area contributed by atoms with Crippen LogP contribution >= 0.6 is 0 Å². The highest BCUT2D eigenvalue weighted by Gasteiger charge is 2.37. The summed E-state index contributed by atoms with van der Waals surface area (Å²) in [4.78, 5) is 41.5. The molecule has 3 N–H and O–H groups in total. The summed E-state index contributed by atoms with van der Waals surface area (Å²) in [5.74, 6) is -0.309. The Labute approximate surface area is 208 Å². The molecule has 0 saturated heterocycles. The summed E-state index contributed by atoms with van der Waals surface area (Å²) >= 11 is 0. The fraction of sp³-hybridized carbons (Fsp3) is 0.667. The standard InChI is InChI=1S/C27H41N3O5/c1-27(2,3)35-26(34)29-23(18-19-14-16-22(31)17-15-19)24(32)30(21-12-8-5-9-13-21)25(33)28-20-10-6-4-7-11-20/h14-17,20-21,23,31H,4-13,18H2,1-3H3,(H,28,33)(H,29,34). The number of carbonyl (C=O) groups is 3. The molecule has 8 heteroatoms. The fourth-order valence-electron chi connectivity index (χ4n) is 4.96. The Morgan fingerprint density at radius 3 is 2.11 bits per heavy atom. The van der Waals surface area contributed by atoms with Crippen molar-refractivity contribution in [3.8, 4) is 5.75 Å². The molecule has 1 aromatic carbocycles. The van der Waals surface area contributed by atoms with Gasteiger partial charge in [0.05, 0.1) is 0 Å². The van der Waals surface area contributed by atoms with E-state index in [-0.39, 0.29) is 30.3 Å². The Hall–Kier alpha value is -2.77. The molecule has 1 aromatic rings. The third kappa shape index (κ3) is 8.44. The number of benzene rings is 1. The molecule has 0 heterocycles. The number of ether oxygens (including phenoxy) is 1. The maximum atomic E-state index is 13.9. The fourth-order valence-corrected chi connectivity index (χ4v) is 4.96. The summed E-state index contributed by atoms with van der Waals surface area (Å²) in [6.07, 6.45) is 9.20. The molecule has 1 unspecified atom stereocenters. The van der Waals surface area contributed by atoms with Gasteiger partial charge in [0, 0.05) is 18.5 Å². The van der Waals surface area contributed by atoms with Crippen LogP contribution in [0.1, 0.15) is 90.5 Å². The number of phenolic OH excluding ortho intramolecular Hbond substituents is 1. The van der Waals surface area contributed by atoms with E-state index in [1.165, 1.54) is 11.3 Å². The number of urea groups is 1. The summed E-state index contributed by atoms with van der Waals surface area (Å²) in [5, 5.41) is 15.5. The van der Waals surface area contributed by atoms with Crippen molar-refractivity contribution in [3.05, 3.63) is 29.8 Å². The lowest BCUT2D eigenvalue weighted by Gasteiger charge is -2.36. The van der Waals surface area contributed by atoms with Crippen LogP contribution in [0.4, 0.5) is 9.59 Å². The highest BCUT2D eigenvalue weighted by Crippen LogP contribution is 2.25. The minimum Gasteiger partial charge on any atom is -0.508 e. The van der Waals surface area contributed by atoms with E-state index < -0.39 is 23.6 Å². The Balaban J connectivity index is 1.84. The number of hydrogen-bond donors (Lipinski definition) is 3. The van der Waals surface area contributed by atoms with E-state index in [9.17, 15) is 19.5 Å². The largest absolute Gasteiger partial charge is 0.508 e. The van der Waals surface area contributed by atoms with Crippen molar-refractivity contribution >= 4 is 18.0 Å². The van der Waals surface area contributed by atoms with Gasteiger partial charge >= 0.3 is 12.1 Å². The molecule has 1 atom stereocenters. The SMILES string of the molecule is CC(C)(C)OC(=O)NC(Cc1ccc(O)cc1)C(=O)N(C(=O)NC1CCCCC1)C1CCCCC1. The monoisotopic (exact) mass is 487 g/mol. The zero-order chi connectivity index (χ0) is 25.4. The van der Waals surface area contributed by atoms with E-state index in [2.05, 4.69) is 10.6 Å². The van der Waals surface area contributed by atoms with Crippen LogP contribution in [0.3, 0.4) is 0 Å². The van der Waals surface area contributed by atoms with E-state index in [1.807, 2.05) is 0 Å². The normalized spacial score (nSPS) is 18.4. The van der Waals surface area contributed by atoms with Gasteiger partial charge in [0.2, 0.25) is 0 Å². The number of aromatic hydroxyl groups is 1. The first kappa shape index (κ1) is 26.8. The van der Waals surface area contributed by atoms with Crippen molar-refractivity contribution in [2.75, 3.05) is 0 Å². The van der Waals surface area contributed by atoms with Gasteiger partial charge in [-0.05, 0) is 64.2 Å². The Bertz CT molecular complexity index is 853. The third-order valence-corrected chi connectivity index (χ3v) is 6.69. The molecule has 0 aliphatic heterocycles. The van der Waals surface area contributed by atoms with E-state index in [4.69, 9.17) is 4.74 Å². The molecular formula is C27H41N3O5. The van der Waals surface area contributed by atoms with Crippen molar-refractivity contribution < 1.29 is 24.2 Å². The summed E-state index contributed by atoms with van der Waals surface area (Å²) in [6.45, 7) is 5.28.